The molecule has 4 atom stereocenters. The monoisotopic (exact) mass is 438 g/mol. The Labute approximate surface area is 194 Å². The van der Waals surface area contributed by atoms with Crippen LogP contribution < -0.4 is 9.80 Å². The Morgan fingerprint density at radius 2 is 0.969 bits per heavy atom. The van der Waals surface area contributed by atoms with Gasteiger partial charge in [0, 0.05) is 35.5 Å². The van der Waals surface area contributed by atoms with Crippen LogP contribution in [0.5, 0.6) is 11.5 Å². The van der Waals surface area contributed by atoms with E-state index < -0.39 is 0 Å². The quantitative estimate of drug-likeness (QED) is 0.483. The minimum absolute atomic E-state index is 0.303. The summed E-state index contributed by atoms with van der Waals surface area (Å²) in [6.45, 7) is 13.6. The fraction of sp³-hybridized carbons (Fsp3) is 0.571. The van der Waals surface area contributed by atoms with Gasteiger partial charge in [-0.05, 0) is 101 Å². The van der Waals surface area contributed by atoms with E-state index in [0.29, 0.717) is 35.7 Å². The van der Waals surface area contributed by atoms with E-state index in [4.69, 9.17) is 0 Å². The van der Waals surface area contributed by atoms with E-state index in [2.05, 4.69) is 75.6 Å². The molecule has 4 unspecified atom stereocenters. The van der Waals surface area contributed by atoms with Crippen molar-refractivity contribution in [3.8, 4) is 11.5 Å². The molecule has 4 nitrogen and oxygen atoms in total. The number of unbranched alkanes of at least 4 members (excludes halogenated alkanes) is 2. The van der Waals surface area contributed by atoms with E-state index >= 15 is 0 Å². The first-order valence-corrected chi connectivity index (χ1v) is 12.5. The van der Waals surface area contributed by atoms with E-state index in [9.17, 15) is 10.2 Å². The van der Waals surface area contributed by atoms with Gasteiger partial charge < -0.3 is 20.0 Å². The zero-order valence-electron chi connectivity index (χ0n) is 20.8. The highest BCUT2D eigenvalue weighted by atomic mass is 16.3. The average Bonchev–Trinajstić information content (AvgIpc) is 2.78. The van der Waals surface area contributed by atoms with Crippen molar-refractivity contribution in [3.63, 3.8) is 0 Å². The zero-order chi connectivity index (χ0) is 23.4. The molecule has 0 spiro atoms. The van der Waals surface area contributed by atoms with Gasteiger partial charge in [0.25, 0.3) is 0 Å². The normalized spacial score (nSPS) is 23.6. The highest BCUT2D eigenvalue weighted by molar-refractivity contribution is 5.60. The van der Waals surface area contributed by atoms with Gasteiger partial charge in [-0.2, -0.15) is 0 Å². The van der Waals surface area contributed by atoms with Crippen molar-refractivity contribution in [1.82, 2.24) is 0 Å². The third-order valence-corrected chi connectivity index (χ3v) is 7.47. The molecule has 2 aromatic rings. The van der Waals surface area contributed by atoms with Crippen molar-refractivity contribution >= 4 is 11.4 Å². The molecule has 0 bridgehead atoms. The number of piperazine rings is 1. The van der Waals surface area contributed by atoms with Crippen molar-refractivity contribution in [2.75, 3.05) is 9.80 Å². The van der Waals surface area contributed by atoms with Gasteiger partial charge in [0.15, 0.2) is 0 Å². The van der Waals surface area contributed by atoms with Crippen molar-refractivity contribution in [2.45, 2.75) is 104 Å². The number of phenolic OH excluding ortho intramolecular Hbond substituents is 2. The first-order valence-electron chi connectivity index (χ1n) is 12.5. The van der Waals surface area contributed by atoms with Gasteiger partial charge in [0.1, 0.15) is 11.5 Å². The summed E-state index contributed by atoms with van der Waals surface area (Å²) in [6, 6.07) is 13.5. The van der Waals surface area contributed by atoms with Crippen molar-refractivity contribution in [2.24, 2.45) is 0 Å². The number of anilines is 2. The summed E-state index contributed by atoms with van der Waals surface area (Å²) in [5.41, 5.74) is 4.49. The van der Waals surface area contributed by atoms with Crippen LogP contribution in [0.3, 0.4) is 0 Å². The SMILES string of the molecule is CCCCc1cc(N2C(C)C(C)N(c3ccc(O)c(CCCC)c3)C(C)C2C)ccc1O. The van der Waals surface area contributed by atoms with E-state index in [1.807, 2.05) is 12.1 Å². The molecule has 1 heterocycles. The first kappa shape index (κ1) is 24.3. The molecule has 1 saturated heterocycles. The summed E-state index contributed by atoms with van der Waals surface area (Å²) in [6.07, 6.45) is 6.25. The highest BCUT2D eigenvalue weighted by Gasteiger charge is 2.40. The third kappa shape index (κ3) is 4.84. The van der Waals surface area contributed by atoms with Gasteiger partial charge in [0.05, 0.1) is 0 Å². The molecule has 2 N–H and O–H groups in total. The predicted octanol–water partition coefficient (Wildman–Crippen LogP) is 6.66. The standard InChI is InChI=1S/C28H42N2O2/c1-7-9-11-23-17-25(13-15-27(23)31)29-19(3)21(5)30(22(6)20(29)4)26-14-16-28(32)24(18-26)12-10-8-2/h13-22,31-32H,7-12H2,1-6H3. The Morgan fingerprint density at radius 3 is 1.28 bits per heavy atom. The van der Waals surface area contributed by atoms with Crippen LogP contribution >= 0.6 is 0 Å². The lowest BCUT2D eigenvalue weighted by molar-refractivity contribution is 0.345. The van der Waals surface area contributed by atoms with Gasteiger partial charge in [-0.25, -0.2) is 0 Å². The van der Waals surface area contributed by atoms with Crippen LogP contribution in [0.2, 0.25) is 0 Å². The number of phenols is 2. The van der Waals surface area contributed by atoms with Gasteiger partial charge >= 0.3 is 0 Å². The van der Waals surface area contributed by atoms with E-state index in [1.54, 1.807) is 0 Å². The lowest BCUT2D eigenvalue weighted by Gasteiger charge is -2.55. The molecule has 1 fully saturated rings. The fourth-order valence-corrected chi connectivity index (χ4v) is 5.21. The van der Waals surface area contributed by atoms with Crippen molar-refractivity contribution < 1.29 is 10.2 Å². The molecule has 0 radical (unpaired) electrons. The van der Waals surface area contributed by atoms with Crippen LogP contribution in [-0.4, -0.2) is 34.4 Å². The Hall–Kier alpha value is -2.36. The summed E-state index contributed by atoms with van der Waals surface area (Å²) in [4.78, 5) is 5.05. The molecular weight excluding hydrogens is 396 g/mol. The molecule has 1 aliphatic heterocycles. The Kier molecular flexibility index (Phi) is 7.97. The number of hydrogen-bond donors (Lipinski definition) is 2. The second-order valence-electron chi connectivity index (χ2n) is 9.61. The molecule has 0 aliphatic carbocycles. The molecule has 0 amide bonds. The van der Waals surface area contributed by atoms with Crippen LogP contribution in [0.25, 0.3) is 0 Å². The van der Waals surface area contributed by atoms with E-state index in [-0.39, 0.29) is 0 Å². The third-order valence-electron chi connectivity index (χ3n) is 7.47. The largest absolute Gasteiger partial charge is 0.508 e. The fourth-order valence-electron chi connectivity index (χ4n) is 5.21. The van der Waals surface area contributed by atoms with Crippen LogP contribution in [0, 0.1) is 0 Å². The van der Waals surface area contributed by atoms with Crippen molar-refractivity contribution in [1.29, 1.82) is 0 Å². The Bertz CT molecular complexity index is 807. The molecule has 1 aliphatic rings. The molecule has 176 valence electrons. The molecule has 2 aromatic carbocycles. The maximum absolute atomic E-state index is 10.3. The summed E-state index contributed by atoms with van der Waals surface area (Å²) >= 11 is 0. The zero-order valence-corrected chi connectivity index (χ0v) is 20.8. The molecular formula is C28H42N2O2. The molecule has 3 rings (SSSR count). The summed E-state index contributed by atoms with van der Waals surface area (Å²) < 4.78 is 0. The van der Waals surface area contributed by atoms with Crippen LogP contribution in [0.15, 0.2) is 36.4 Å². The average molecular weight is 439 g/mol. The van der Waals surface area contributed by atoms with Gasteiger partial charge in [-0.15, -0.1) is 0 Å². The minimum atomic E-state index is 0.303. The highest BCUT2D eigenvalue weighted by Crippen LogP contribution is 2.38. The number of nitrogens with zero attached hydrogens (tertiary/aromatic N) is 2. The maximum atomic E-state index is 10.3. The molecule has 0 saturated carbocycles. The number of rotatable bonds is 8. The van der Waals surface area contributed by atoms with Gasteiger partial charge in [-0.1, -0.05) is 26.7 Å². The predicted molar refractivity (Wildman–Crippen MR) is 136 cm³/mol. The van der Waals surface area contributed by atoms with E-state index in [1.165, 1.54) is 11.4 Å². The van der Waals surface area contributed by atoms with Crippen molar-refractivity contribution in [3.05, 3.63) is 47.5 Å². The van der Waals surface area contributed by atoms with Crippen LogP contribution in [0.4, 0.5) is 11.4 Å². The molecule has 32 heavy (non-hydrogen) atoms. The summed E-state index contributed by atoms with van der Waals surface area (Å²) in [7, 11) is 0. The lowest BCUT2D eigenvalue weighted by atomic mass is 9.92. The van der Waals surface area contributed by atoms with Gasteiger partial charge in [-0.3, -0.25) is 0 Å². The first-order chi connectivity index (χ1) is 15.3. The number of benzene rings is 2. The van der Waals surface area contributed by atoms with E-state index in [0.717, 1.165) is 49.7 Å². The lowest BCUT2D eigenvalue weighted by Crippen LogP contribution is -2.66. The smallest absolute Gasteiger partial charge is 0.118 e. The maximum Gasteiger partial charge on any atom is 0.118 e. The number of aromatic hydroxyl groups is 2. The Balaban J connectivity index is 1.91. The van der Waals surface area contributed by atoms with Crippen LogP contribution in [-0.2, 0) is 12.8 Å². The number of aryl methyl sites for hydroxylation is 2. The minimum Gasteiger partial charge on any atom is -0.508 e. The topological polar surface area (TPSA) is 46.9 Å². The summed E-state index contributed by atoms with van der Waals surface area (Å²) in [5, 5.41) is 20.7. The van der Waals surface area contributed by atoms with Gasteiger partial charge in [0.2, 0.25) is 0 Å². The second kappa shape index (κ2) is 10.5. The summed E-state index contributed by atoms with van der Waals surface area (Å²) in [5.74, 6) is 0.817. The number of hydrogen-bond acceptors (Lipinski definition) is 4. The molecule has 4 heteroatoms. The van der Waals surface area contributed by atoms with Crippen LogP contribution in [0.1, 0.15) is 78.4 Å². The second-order valence-corrected chi connectivity index (χ2v) is 9.61. The Morgan fingerprint density at radius 1 is 0.625 bits per heavy atom. The molecule has 0 aromatic heterocycles.